The highest BCUT2D eigenvalue weighted by molar-refractivity contribution is 5.89. The molecule has 0 radical (unpaired) electrons. The van der Waals surface area contributed by atoms with E-state index >= 15 is 0 Å². The van der Waals surface area contributed by atoms with Gasteiger partial charge in [0.15, 0.2) is 0 Å². The van der Waals surface area contributed by atoms with E-state index in [1.807, 2.05) is 18.2 Å². The third-order valence-corrected chi connectivity index (χ3v) is 2.63. The number of esters is 1. The van der Waals surface area contributed by atoms with Crippen LogP contribution in [0.4, 0.5) is 0 Å². The van der Waals surface area contributed by atoms with Crippen LogP contribution in [0.25, 0.3) is 0 Å². The number of cyclic esters (lactones) is 1. The quantitative estimate of drug-likeness (QED) is 0.556. The molecule has 0 N–H and O–H groups in total. The summed E-state index contributed by atoms with van der Waals surface area (Å²) in [6.07, 6.45) is 2.55. The number of benzene rings is 1. The lowest BCUT2D eigenvalue weighted by Crippen LogP contribution is -2.07. The molecular formula is C13H14O2. The molecule has 0 spiro atoms. The summed E-state index contributed by atoms with van der Waals surface area (Å²) in [6.45, 7) is 3.67. The zero-order valence-electron chi connectivity index (χ0n) is 8.61. The first-order chi connectivity index (χ1) is 7.25. The molecule has 2 heteroatoms. The van der Waals surface area contributed by atoms with Crippen molar-refractivity contribution in [2.24, 2.45) is 0 Å². The van der Waals surface area contributed by atoms with Gasteiger partial charge in [-0.05, 0) is 18.4 Å². The predicted octanol–water partition coefficient (Wildman–Crippen LogP) is 2.49. The Balaban J connectivity index is 1.85. The van der Waals surface area contributed by atoms with Crippen molar-refractivity contribution in [1.82, 2.24) is 0 Å². The Bertz CT molecular complexity index is 351. The maximum absolute atomic E-state index is 11.1. The number of aryl methyl sites for hydroxylation is 1. The smallest absolute Gasteiger partial charge is 0.333 e. The van der Waals surface area contributed by atoms with Gasteiger partial charge in [-0.25, -0.2) is 4.79 Å². The molecule has 1 saturated heterocycles. The lowest BCUT2D eigenvalue weighted by atomic mass is 10.0. The van der Waals surface area contributed by atoms with E-state index < -0.39 is 0 Å². The van der Waals surface area contributed by atoms with E-state index in [1.165, 1.54) is 5.56 Å². The highest BCUT2D eigenvalue weighted by Gasteiger charge is 2.26. The second-order valence-corrected chi connectivity index (χ2v) is 3.86. The molecule has 0 amide bonds. The Morgan fingerprint density at radius 1 is 1.33 bits per heavy atom. The second kappa shape index (κ2) is 4.30. The normalized spacial score (nSPS) is 20.4. The van der Waals surface area contributed by atoms with E-state index in [4.69, 9.17) is 4.74 Å². The van der Waals surface area contributed by atoms with Gasteiger partial charge in [-0.2, -0.15) is 0 Å². The fraction of sp³-hybridized carbons (Fsp3) is 0.308. The number of rotatable bonds is 3. The molecule has 0 unspecified atom stereocenters. The van der Waals surface area contributed by atoms with Crippen LogP contribution in [0, 0.1) is 0 Å². The van der Waals surface area contributed by atoms with Gasteiger partial charge in [0, 0.05) is 12.0 Å². The van der Waals surface area contributed by atoms with Crippen LogP contribution in [-0.2, 0) is 16.0 Å². The molecule has 0 aromatic heterocycles. The first-order valence-electron chi connectivity index (χ1n) is 5.18. The van der Waals surface area contributed by atoms with Gasteiger partial charge < -0.3 is 4.74 Å². The molecule has 15 heavy (non-hydrogen) atoms. The Hall–Kier alpha value is -1.57. The van der Waals surface area contributed by atoms with Crippen molar-refractivity contribution in [2.45, 2.75) is 25.4 Å². The van der Waals surface area contributed by atoms with Gasteiger partial charge in [-0.3, -0.25) is 0 Å². The van der Waals surface area contributed by atoms with Crippen molar-refractivity contribution in [1.29, 1.82) is 0 Å². The molecule has 1 fully saturated rings. The van der Waals surface area contributed by atoms with Crippen LogP contribution in [-0.4, -0.2) is 12.1 Å². The monoisotopic (exact) mass is 202 g/mol. The van der Waals surface area contributed by atoms with Gasteiger partial charge in [0.1, 0.15) is 6.10 Å². The SMILES string of the molecule is C=C1C[C@H](CCc2ccccc2)OC1=O. The molecule has 2 nitrogen and oxygen atoms in total. The summed E-state index contributed by atoms with van der Waals surface area (Å²) in [5.41, 5.74) is 1.89. The molecule has 0 bridgehead atoms. The lowest BCUT2D eigenvalue weighted by Gasteiger charge is -2.07. The van der Waals surface area contributed by atoms with Crippen molar-refractivity contribution in [3.63, 3.8) is 0 Å². The van der Waals surface area contributed by atoms with Gasteiger partial charge in [-0.15, -0.1) is 0 Å². The number of carbonyl (C=O) groups excluding carboxylic acids is 1. The molecule has 0 saturated carbocycles. The molecule has 1 atom stereocenters. The van der Waals surface area contributed by atoms with Gasteiger partial charge in [-0.1, -0.05) is 36.9 Å². The minimum Gasteiger partial charge on any atom is -0.459 e. The third kappa shape index (κ3) is 2.46. The van der Waals surface area contributed by atoms with Crippen molar-refractivity contribution >= 4 is 5.97 Å². The zero-order valence-corrected chi connectivity index (χ0v) is 8.61. The summed E-state index contributed by atoms with van der Waals surface area (Å²) in [7, 11) is 0. The number of ether oxygens (including phenoxy) is 1. The fourth-order valence-electron chi connectivity index (χ4n) is 1.77. The van der Waals surface area contributed by atoms with Crippen molar-refractivity contribution in [3.05, 3.63) is 48.0 Å². The summed E-state index contributed by atoms with van der Waals surface area (Å²) in [5, 5.41) is 0. The molecule has 0 aliphatic carbocycles. The zero-order chi connectivity index (χ0) is 10.7. The minimum atomic E-state index is -0.229. The van der Waals surface area contributed by atoms with Gasteiger partial charge in [0.2, 0.25) is 0 Å². The minimum absolute atomic E-state index is 0.0326. The van der Waals surface area contributed by atoms with Crippen LogP contribution in [0.5, 0.6) is 0 Å². The van der Waals surface area contributed by atoms with Crippen molar-refractivity contribution < 1.29 is 9.53 Å². The van der Waals surface area contributed by atoms with Crippen LogP contribution in [0.2, 0.25) is 0 Å². The highest BCUT2D eigenvalue weighted by atomic mass is 16.5. The fourth-order valence-corrected chi connectivity index (χ4v) is 1.77. The van der Waals surface area contributed by atoms with Crippen LogP contribution >= 0.6 is 0 Å². The Morgan fingerprint density at radius 3 is 2.67 bits per heavy atom. The van der Waals surface area contributed by atoms with Crippen molar-refractivity contribution in [3.8, 4) is 0 Å². The lowest BCUT2D eigenvalue weighted by molar-refractivity contribution is -0.138. The maximum Gasteiger partial charge on any atom is 0.333 e. The molecule has 1 aromatic carbocycles. The molecule has 1 aliphatic heterocycles. The topological polar surface area (TPSA) is 26.3 Å². The van der Waals surface area contributed by atoms with Gasteiger partial charge in [0.25, 0.3) is 0 Å². The standard InChI is InChI=1S/C13H14O2/c1-10-9-12(15-13(10)14)8-7-11-5-3-2-4-6-11/h2-6,12H,1,7-9H2/t12-/m0/s1. The van der Waals surface area contributed by atoms with Crippen LogP contribution < -0.4 is 0 Å². The first-order valence-corrected chi connectivity index (χ1v) is 5.18. The Kier molecular flexibility index (Phi) is 2.86. The van der Waals surface area contributed by atoms with Crippen LogP contribution in [0.15, 0.2) is 42.5 Å². The highest BCUT2D eigenvalue weighted by Crippen LogP contribution is 2.22. The van der Waals surface area contributed by atoms with Gasteiger partial charge >= 0.3 is 5.97 Å². The summed E-state index contributed by atoms with van der Waals surface area (Å²) < 4.78 is 5.16. The van der Waals surface area contributed by atoms with Gasteiger partial charge in [0.05, 0.1) is 0 Å². The average Bonchev–Trinajstić information content (AvgIpc) is 2.57. The Labute approximate surface area is 89.6 Å². The first kappa shape index (κ1) is 9.97. The van der Waals surface area contributed by atoms with E-state index in [-0.39, 0.29) is 12.1 Å². The summed E-state index contributed by atoms with van der Waals surface area (Å²) in [4.78, 5) is 11.1. The summed E-state index contributed by atoms with van der Waals surface area (Å²) in [6, 6.07) is 10.2. The molecular weight excluding hydrogens is 188 g/mol. The number of carbonyl (C=O) groups is 1. The average molecular weight is 202 g/mol. The van der Waals surface area contributed by atoms with E-state index in [1.54, 1.807) is 0 Å². The van der Waals surface area contributed by atoms with E-state index in [2.05, 4.69) is 18.7 Å². The van der Waals surface area contributed by atoms with Crippen molar-refractivity contribution in [2.75, 3.05) is 0 Å². The molecule has 1 aromatic rings. The van der Waals surface area contributed by atoms with E-state index in [0.717, 1.165) is 12.8 Å². The summed E-state index contributed by atoms with van der Waals surface area (Å²) in [5.74, 6) is -0.229. The largest absolute Gasteiger partial charge is 0.459 e. The summed E-state index contributed by atoms with van der Waals surface area (Å²) >= 11 is 0. The van der Waals surface area contributed by atoms with Crippen LogP contribution in [0.1, 0.15) is 18.4 Å². The van der Waals surface area contributed by atoms with Crippen LogP contribution in [0.3, 0.4) is 0 Å². The van der Waals surface area contributed by atoms with E-state index in [0.29, 0.717) is 12.0 Å². The maximum atomic E-state index is 11.1. The molecule has 78 valence electrons. The second-order valence-electron chi connectivity index (χ2n) is 3.86. The third-order valence-electron chi connectivity index (χ3n) is 2.63. The Morgan fingerprint density at radius 2 is 2.07 bits per heavy atom. The number of hydrogen-bond acceptors (Lipinski definition) is 2. The number of hydrogen-bond donors (Lipinski definition) is 0. The molecule has 1 aliphatic rings. The molecule has 2 rings (SSSR count). The predicted molar refractivity (Wildman–Crippen MR) is 58.4 cm³/mol. The molecule has 1 heterocycles. The van der Waals surface area contributed by atoms with E-state index in [9.17, 15) is 4.79 Å².